The first-order valence-electron chi connectivity index (χ1n) is 9.02. The van der Waals surface area contributed by atoms with Gasteiger partial charge in [-0.3, -0.25) is 9.59 Å². The zero-order chi connectivity index (χ0) is 19.3. The van der Waals surface area contributed by atoms with E-state index in [4.69, 9.17) is 4.74 Å². The fourth-order valence-electron chi connectivity index (χ4n) is 3.16. The lowest BCUT2D eigenvalue weighted by Crippen LogP contribution is -2.30. The predicted molar refractivity (Wildman–Crippen MR) is 106 cm³/mol. The molecule has 1 aliphatic rings. The van der Waals surface area contributed by atoms with Crippen LogP contribution in [0, 0.1) is 0 Å². The number of aromatic nitrogens is 1. The summed E-state index contributed by atoms with van der Waals surface area (Å²) in [7, 11) is 0. The zero-order valence-corrected chi connectivity index (χ0v) is 15.1. The normalized spacial score (nSPS) is 16.9. The van der Waals surface area contributed by atoms with Crippen molar-refractivity contribution in [3.8, 4) is 5.75 Å². The molecule has 1 amide bonds. The Morgan fingerprint density at radius 1 is 1.04 bits per heavy atom. The molecule has 0 aliphatic carbocycles. The second-order valence-corrected chi connectivity index (χ2v) is 6.48. The number of para-hydroxylation sites is 1. The average Bonchev–Trinajstić information content (AvgIpc) is 2.74. The van der Waals surface area contributed by atoms with Crippen molar-refractivity contribution in [3.05, 3.63) is 100 Å². The molecule has 0 radical (unpaired) electrons. The van der Waals surface area contributed by atoms with Crippen LogP contribution in [0.4, 0.5) is 0 Å². The lowest BCUT2D eigenvalue weighted by Gasteiger charge is -2.27. The number of fused-ring (bicyclic) bond motifs is 1. The van der Waals surface area contributed by atoms with Crippen LogP contribution in [0.15, 0.2) is 88.9 Å². The molecule has 4 rings (SSSR count). The number of hydrazone groups is 1. The third kappa shape index (κ3) is 3.86. The molecule has 28 heavy (non-hydrogen) atoms. The molecular weight excluding hydrogens is 354 g/mol. The molecule has 1 N–H and O–H groups in total. The summed E-state index contributed by atoms with van der Waals surface area (Å²) in [5.41, 5.74) is 4.99. The Morgan fingerprint density at radius 3 is 2.61 bits per heavy atom. The maximum atomic E-state index is 12.3. The highest BCUT2D eigenvalue weighted by molar-refractivity contribution is 6.04. The minimum absolute atomic E-state index is 0.0866. The number of amides is 1. The molecule has 6 heteroatoms. The van der Waals surface area contributed by atoms with Gasteiger partial charge in [0.05, 0.1) is 5.71 Å². The van der Waals surface area contributed by atoms with Crippen molar-refractivity contribution in [1.82, 2.24) is 9.99 Å². The topological polar surface area (TPSA) is 72.7 Å². The number of hydrogen-bond acceptors (Lipinski definition) is 4. The molecule has 0 bridgehead atoms. The van der Waals surface area contributed by atoms with Gasteiger partial charge in [-0.25, -0.2) is 5.43 Å². The van der Waals surface area contributed by atoms with Crippen LogP contribution >= 0.6 is 0 Å². The highest BCUT2D eigenvalue weighted by atomic mass is 16.5. The van der Waals surface area contributed by atoms with Gasteiger partial charge in [0.25, 0.3) is 11.5 Å². The molecule has 1 atom stereocenters. The van der Waals surface area contributed by atoms with Crippen molar-refractivity contribution in [2.24, 2.45) is 5.10 Å². The molecule has 140 valence electrons. The lowest BCUT2D eigenvalue weighted by atomic mass is 9.96. The van der Waals surface area contributed by atoms with E-state index in [1.165, 1.54) is 10.6 Å². The van der Waals surface area contributed by atoms with Crippen molar-refractivity contribution in [1.29, 1.82) is 0 Å². The van der Waals surface area contributed by atoms with E-state index in [0.717, 1.165) is 22.6 Å². The maximum Gasteiger partial charge on any atom is 0.260 e. The Labute approximate surface area is 162 Å². The molecule has 1 aromatic heterocycles. The van der Waals surface area contributed by atoms with Crippen molar-refractivity contribution < 1.29 is 9.53 Å². The number of ether oxygens (including phenoxy) is 1. The van der Waals surface area contributed by atoms with Crippen molar-refractivity contribution >= 4 is 11.6 Å². The van der Waals surface area contributed by atoms with Crippen LogP contribution in [0.25, 0.3) is 0 Å². The standard InChI is InChI=1S/C22H19N3O3/c26-21(15-25-13-7-6-12-22(25)27)24-23-18-14-20(16-8-2-1-3-9-16)28-19-11-5-4-10-17(18)19/h1-13,20H,14-15H2,(H,24,26)/b23-18-/t20-/m0/s1. The summed E-state index contributed by atoms with van der Waals surface area (Å²) in [4.78, 5) is 24.0. The molecule has 2 aromatic carbocycles. The predicted octanol–water partition coefficient (Wildman–Crippen LogP) is 2.89. The van der Waals surface area contributed by atoms with E-state index in [9.17, 15) is 9.59 Å². The summed E-state index contributed by atoms with van der Waals surface area (Å²) >= 11 is 0. The zero-order valence-electron chi connectivity index (χ0n) is 15.1. The largest absolute Gasteiger partial charge is 0.485 e. The summed E-state index contributed by atoms with van der Waals surface area (Å²) in [5.74, 6) is 0.371. The number of benzene rings is 2. The van der Waals surface area contributed by atoms with Gasteiger partial charge in [0.15, 0.2) is 0 Å². The smallest absolute Gasteiger partial charge is 0.260 e. The van der Waals surface area contributed by atoms with Gasteiger partial charge >= 0.3 is 0 Å². The summed E-state index contributed by atoms with van der Waals surface area (Å²) in [6, 6.07) is 22.3. The molecule has 0 saturated heterocycles. The van der Waals surface area contributed by atoms with E-state index in [1.54, 1.807) is 18.3 Å². The molecule has 0 spiro atoms. The number of carbonyl (C=O) groups is 1. The molecule has 0 saturated carbocycles. The molecule has 2 heterocycles. The highest BCUT2D eigenvalue weighted by Crippen LogP contribution is 2.34. The van der Waals surface area contributed by atoms with Gasteiger partial charge in [0.1, 0.15) is 18.4 Å². The van der Waals surface area contributed by atoms with E-state index in [0.29, 0.717) is 6.42 Å². The SMILES string of the molecule is O=C(Cn1ccccc1=O)N/N=C1/C[C@@H](c2ccccc2)Oc2ccccc21. The Balaban J connectivity index is 1.56. The molecular formula is C22H19N3O3. The lowest BCUT2D eigenvalue weighted by molar-refractivity contribution is -0.121. The second kappa shape index (κ2) is 7.92. The van der Waals surface area contributed by atoms with Crippen molar-refractivity contribution in [2.75, 3.05) is 0 Å². The number of pyridine rings is 1. The molecule has 3 aromatic rings. The van der Waals surface area contributed by atoms with Crippen molar-refractivity contribution in [2.45, 2.75) is 19.1 Å². The van der Waals surface area contributed by atoms with E-state index in [2.05, 4.69) is 10.5 Å². The van der Waals surface area contributed by atoms with Gasteiger partial charge in [-0.1, -0.05) is 48.5 Å². The number of nitrogens with one attached hydrogen (secondary N) is 1. The average molecular weight is 373 g/mol. The number of rotatable bonds is 4. The summed E-state index contributed by atoms with van der Waals surface area (Å²) in [6.07, 6.45) is 1.93. The molecule has 6 nitrogen and oxygen atoms in total. The first kappa shape index (κ1) is 17.7. The van der Waals surface area contributed by atoms with E-state index in [-0.39, 0.29) is 24.1 Å². The molecule has 1 aliphatic heterocycles. The van der Waals surface area contributed by atoms with E-state index in [1.807, 2.05) is 54.6 Å². The highest BCUT2D eigenvalue weighted by Gasteiger charge is 2.26. The summed E-state index contributed by atoms with van der Waals surface area (Å²) in [5, 5.41) is 4.35. The minimum atomic E-state index is -0.360. The first-order chi connectivity index (χ1) is 13.7. The fraction of sp³-hybridized carbons (Fsp3) is 0.136. The monoisotopic (exact) mass is 373 g/mol. The Hall–Kier alpha value is -3.67. The van der Waals surface area contributed by atoms with Gasteiger partial charge in [-0.2, -0.15) is 5.10 Å². The van der Waals surface area contributed by atoms with Crippen LogP contribution < -0.4 is 15.7 Å². The third-order valence-corrected chi connectivity index (χ3v) is 4.55. The molecule has 0 unspecified atom stereocenters. The van der Waals surface area contributed by atoms with Gasteiger partial charge < -0.3 is 9.30 Å². The second-order valence-electron chi connectivity index (χ2n) is 6.48. The van der Waals surface area contributed by atoms with Crippen LogP contribution in [-0.4, -0.2) is 16.2 Å². The summed E-state index contributed by atoms with van der Waals surface area (Å²) in [6.45, 7) is -0.0866. The quantitative estimate of drug-likeness (QED) is 0.715. The molecule has 0 fully saturated rings. The Kier molecular flexibility index (Phi) is 5.01. The first-order valence-corrected chi connectivity index (χ1v) is 9.02. The Bertz CT molecular complexity index is 1070. The Morgan fingerprint density at radius 2 is 1.79 bits per heavy atom. The van der Waals surface area contributed by atoms with E-state index < -0.39 is 0 Å². The van der Waals surface area contributed by atoms with Crippen LogP contribution in [0.1, 0.15) is 23.7 Å². The number of nitrogens with zero attached hydrogens (tertiary/aromatic N) is 2. The van der Waals surface area contributed by atoms with Crippen LogP contribution in [0.3, 0.4) is 0 Å². The van der Waals surface area contributed by atoms with Crippen molar-refractivity contribution in [3.63, 3.8) is 0 Å². The van der Waals surface area contributed by atoms with Gasteiger partial charge in [0, 0.05) is 24.2 Å². The van der Waals surface area contributed by atoms with Crippen LogP contribution in [0.5, 0.6) is 5.75 Å². The van der Waals surface area contributed by atoms with Crippen LogP contribution in [-0.2, 0) is 11.3 Å². The number of hydrogen-bond donors (Lipinski definition) is 1. The maximum absolute atomic E-state index is 12.3. The van der Waals surface area contributed by atoms with Gasteiger partial charge in [-0.05, 0) is 23.8 Å². The summed E-state index contributed by atoms with van der Waals surface area (Å²) < 4.78 is 7.46. The van der Waals surface area contributed by atoms with Gasteiger partial charge in [0.2, 0.25) is 0 Å². The third-order valence-electron chi connectivity index (χ3n) is 4.55. The minimum Gasteiger partial charge on any atom is -0.485 e. The number of carbonyl (C=O) groups excluding carboxylic acids is 1. The van der Waals surface area contributed by atoms with Gasteiger partial charge in [-0.15, -0.1) is 0 Å². The fourth-order valence-corrected chi connectivity index (χ4v) is 3.16. The van der Waals surface area contributed by atoms with E-state index >= 15 is 0 Å². The van der Waals surface area contributed by atoms with Crippen LogP contribution in [0.2, 0.25) is 0 Å².